The number of nitrogens with one attached hydrogen (secondary N) is 1. The van der Waals surface area contributed by atoms with E-state index in [0.717, 1.165) is 31.7 Å². The first-order valence-corrected chi connectivity index (χ1v) is 6.31. The van der Waals surface area contributed by atoms with Gasteiger partial charge in [-0.25, -0.2) is 0 Å². The van der Waals surface area contributed by atoms with Crippen molar-refractivity contribution in [3.63, 3.8) is 0 Å². The number of piperazine rings is 1. The van der Waals surface area contributed by atoms with Crippen molar-refractivity contribution in [2.24, 2.45) is 0 Å². The minimum atomic E-state index is 0.545. The van der Waals surface area contributed by atoms with E-state index in [4.69, 9.17) is 23.2 Å². The fraction of sp³-hybridized carbons (Fsp3) is 0.500. The van der Waals surface area contributed by atoms with Crippen LogP contribution >= 0.6 is 23.2 Å². The first kappa shape index (κ1) is 12.2. The lowest BCUT2D eigenvalue weighted by Crippen LogP contribution is -2.49. The van der Waals surface area contributed by atoms with Crippen LogP contribution < -0.4 is 5.32 Å². The molecular weight excluding hydrogens is 243 g/mol. The molecule has 0 spiro atoms. The Bertz CT molecular complexity index is 368. The third-order valence-electron chi connectivity index (χ3n) is 3.04. The number of rotatable bonds is 2. The molecule has 2 rings (SSSR count). The molecule has 1 aliphatic rings. The first-order chi connectivity index (χ1) is 7.68. The summed E-state index contributed by atoms with van der Waals surface area (Å²) in [7, 11) is 0. The van der Waals surface area contributed by atoms with Crippen molar-refractivity contribution >= 4 is 23.2 Å². The molecule has 0 unspecified atom stereocenters. The SMILES string of the molecule is C[C@@H]1CNCCN1Cc1cccc(Cl)c1Cl. The van der Waals surface area contributed by atoms with Crippen LogP contribution in [0.5, 0.6) is 0 Å². The Morgan fingerprint density at radius 2 is 2.25 bits per heavy atom. The van der Waals surface area contributed by atoms with Crippen LogP contribution in [0.3, 0.4) is 0 Å². The van der Waals surface area contributed by atoms with Gasteiger partial charge in [0, 0.05) is 32.2 Å². The summed E-state index contributed by atoms with van der Waals surface area (Å²) in [5.74, 6) is 0. The zero-order chi connectivity index (χ0) is 11.5. The van der Waals surface area contributed by atoms with Crippen molar-refractivity contribution in [2.45, 2.75) is 19.5 Å². The van der Waals surface area contributed by atoms with Gasteiger partial charge >= 0.3 is 0 Å². The second-order valence-electron chi connectivity index (χ2n) is 4.24. The topological polar surface area (TPSA) is 15.3 Å². The quantitative estimate of drug-likeness (QED) is 0.878. The summed E-state index contributed by atoms with van der Waals surface area (Å²) in [4.78, 5) is 2.42. The molecule has 0 aromatic heterocycles. The fourth-order valence-electron chi connectivity index (χ4n) is 2.01. The van der Waals surface area contributed by atoms with Gasteiger partial charge < -0.3 is 5.32 Å². The molecule has 0 amide bonds. The Morgan fingerprint density at radius 1 is 1.44 bits per heavy atom. The molecule has 2 nitrogen and oxygen atoms in total. The predicted molar refractivity (Wildman–Crippen MR) is 69.2 cm³/mol. The molecule has 1 aromatic rings. The minimum absolute atomic E-state index is 0.545. The third-order valence-corrected chi connectivity index (χ3v) is 3.90. The van der Waals surface area contributed by atoms with Crippen LogP contribution in [0.2, 0.25) is 10.0 Å². The van der Waals surface area contributed by atoms with E-state index in [1.165, 1.54) is 0 Å². The molecule has 1 N–H and O–H groups in total. The molecule has 1 heterocycles. The van der Waals surface area contributed by atoms with Crippen LogP contribution in [0.25, 0.3) is 0 Å². The van der Waals surface area contributed by atoms with E-state index in [9.17, 15) is 0 Å². The highest BCUT2D eigenvalue weighted by Crippen LogP contribution is 2.27. The number of nitrogens with zero attached hydrogens (tertiary/aromatic N) is 1. The van der Waals surface area contributed by atoms with Crippen LogP contribution in [-0.4, -0.2) is 30.6 Å². The van der Waals surface area contributed by atoms with Gasteiger partial charge in [-0.2, -0.15) is 0 Å². The Kier molecular flexibility index (Phi) is 4.09. The molecule has 0 saturated carbocycles. The molecule has 88 valence electrons. The van der Waals surface area contributed by atoms with Crippen molar-refractivity contribution in [1.82, 2.24) is 10.2 Å². The highest BCUT2D eigenvalue weighted by molar-refractivity contribution is 6.42. The predicted octanol–water partition coefficient (Wildman–Crippen LogP) is 2.79. The van der Waals surface area contributed by atoms with E-state index in [2.05, 4.69) is 17.1 Å². The average molecular weight is 259 g/mol. The summed E-state index contributed by atoms with van der Waals surface area (Å²) in [5, 5.41) is 4.71. The van der Waals surface area contributed by atoms with Crippen LogP contribution in [0, 0.1) is 0 Å². The summed E-state index contributed by atoms with van der Waals surface area (Å²) >= 11 is 12.2. The fourth-order valence-corrected chi connectivity index (χ4v) is 2.39. The Hall–Kier alpha value is -0.280. The normalized spacial score (nSPS) is 22.3. The smallest absolute Gasteiger partial charge is 0.0637 e. The Labute approximate surface area is 107 Å². The van der Waals surface area contributed by atoms with Crippen LogP contribution in [0.15, 0.2) is 18.2 Å². The second-order valence-corrected chi connectivity index (χ2v) is 5.02. The lowest BCUT2D eigenvalue weighted by atomic mass is 10.1. The highest BCUT2D eigenvalue weighted by atomic mass is 35.5. The molecule has 1 aromatic carbocycles. The van der Waals surface area contributed by atoms with E-state index < -0.39 is 0 Å². The maximum atomic E-state index is 6.19. The van der Waals surface area contributed by atoms with Crippen LogP contribution in [-0.2, 0) is 6.54 Å². The van der Waals surface area contributed by atoms with E-state index in [0.29, 0.717) is 16.1 Å². The first-order valence-electron chi connectivity index (χ1n) is 5.56. The minimum Gasteiger partial charge on any atom is -0.314 e. The summed E-state index contributed by atoms with van der Waals surface area (Å²) in [6.07, 6.45) is 0. The second kappa shape index (κ2) is 5.37. The van der Waals surface area contributed by atoms with Gasteiger partial charge in [-0.05, 0) is 18.6 Å². The Balaban J connectivity index is 2.10. The highest BCUT2D eigenvalue weighted by Gasteiger charge is 2.18. The summed E-state index contributed by atoms with van der Waals surface area (Å²) in [6, 6.07) is 6.37. The van der Waals surface area contributed by atoms with Gasteiger partial charge in [-0.3, -0.25) is 4.90 Å². The standard InChI is InChI=1S/C12H16Cl2N2/c1-9-7-15-5-6-16(9)8-10-3-2-4-11(13)12(10)14/h2-4,9,15H,5-8H2,1H3/t9-/m1/s1. The zero-order valence-corrected chi connectivity index (χ0v) is 10.9. The van der Waals surface area contributed by atoms with Crippen molar-refractivity contribution in [3.05, 3.63) is 33.8 Å². The average Bonchev–Trinajstić information content (AvgIpc) is 2.28. The van der Waals surface area contributed by atoms with Gasteiger partial charge in [-0.15, -0.1) is 0 Å². The van der Waals surface area contributed by atoms with Crippen LogP contribution in [0.4, 0.5) is 0 Å². The molecule has 1 aliphatic heterocycles. The summed E-state index contributed by atoms with van der Waals surface area (Å²) in [6.45, 7) is 6.25. The van der Waals surface area contributed by atoms with Gasteiger partial charge in [0.05, 0.1) is 10.0 Å². The van der Waals surface area contributed by atoms with E-state index in [1.807, 2.05) is 18.2 Å². The molecule has 0 radical (unpaired) electrons. The number of hydrogen-bond acceptors (Lipinski definition) is 2. The molecule has 1 fully saturated rings. The third kappa shape index (κ3) is 2.69. The van der Waals surface area contributed by atoms with Crippen molar-refractivity contribution in [1.29, 1.82) is 0 Å². The van der Waals surface area contributed by atoms with Gasteiger partial charge in [-0.1, -0.05) is 35.3 Å². The number of halogens is 2. The van der Waals surface area contributed by atoms with Gasteiger partial charge in [0.2, 0.25) is 0 Å². The largest absolute Gasteiger partial charge is 0.314 e. The molecule has 1 saturated heterocycles. The van der Waals surface area contributed by atoms with Gasteiger partial charge in [0.1, 0.15) is 0 Å². The van der Waals surface area contributed by atoms with Crippen LogP contribution in [0.1, 0.15) is 12.5 Å². The van der Waals surface area contributed by atoms with E-state index >= 15 is 0 Å². The Morgan fingerprint density at radius 3 is 3.00 bits per heavy atom. The van der Waals surface area contributed by atoms with E-state index in [1.54, 1.807) is 0 Å². The van der Waals surface area contributed by atoms with Gasteiger partial charge in [0.25, 0.3) is 0 Å². The lowest BCUT2D eigenvalue weighted by molar-refractivity contribution is 0.165. The lowest BCUT2D eigenvalue weighted by Gasteiger charge is -2.34. The zero-order valence-electron chi connectivity index (χ0n) is 9.34. The molecule has 1 atom stereocenters. The van der Waals surface area contributed by atoms with Gasteiger partial charge in [0.15, 0.2) is 0 Å². The molecular formula is C12H16Cl2N2. The molecule has 4 heteroatoms. The molecule has 0 aliphatic carbocycles. The number of benzene rings is 1. The van der Waals surface area contributed by atoms with E-state index in [-0.39, 0.29) is 0 Å². The molecule has 0 bridgehead atoms. The van der Waals surface area contributed by atoms with Crippen molar-refractivity contribution < 1.29 is 0 Å². The number of hydrogen-bond donors (Lipinski definition) is 1. The van der Waals surface area contributed by atoms with Crippen molar-refractivity contribution in [2.75, 3.05) is 19.6 Å². The maximum absolute atomic E-state index is 6.19. The summed E-state index contributed by atoms with van der Waals surface area (Å²) < 4.78 is 0. The monoisotopic (exact) mass is 258 g/mol. The maximum Gasteiger partial charge on any atom is 0.0637 e. The summed E-state index contributed by atoms with van der Waals surface area (Å²) in [5.41, 5.74) is 1.11. The molecule has 16 heavy (non-hydrogen) atoms. The van der Waals surface area contributed by atoms with Crippen molar-refractivity contribution in [3.8, 4) is 0 Å².